The first kappa shape index (κ1) is 18.3. The first-order valence-electron chi connectivity index (χ1n) is 9.29. The van der Waals surface area contributed by atoms with E-state index in [1.54, 1.807) is 12.4 Å². The number of ether oxygens (including phenoxy) is 1. The number of fused-ring (bicyclic) bond motifs is 1. The van der Waals surface area contributed by atoms with Crippen molar-refractivity contribution in [2.45, 2.75) is 6.54 Å². The molecule has 0 fully saturated rings. The predicted molar refractivity (Wildman–Crippen MR) is 115 cm³/mol. The topological polar surface area (TPSA) is 85.7 Å². The van der Waals surface area contributed by atoms with Crippen LogP contribution in [-0.4, -0.2) is 37.8 Å². The zero-order chi connectivity index (χ0) is 20.5. The number of methoxy groups -OCH3 is 1. The van der Waals surface area contributed by atoms with Gasteiger partial charge in [-0.2, -0.15) is 5.10 Å². The van der Waals surface area contributed by atoms with E-state index in [0.29, 0.717) is 11.6 Å². The summed E-state index contributed by atoms with van der Waals surface area (Å²) in [6, 6.07) is 12.3. The predicted octanol–water partition coefficient (Wildman–Crippen LogP) is 4.38. The molecule has 0 atom stereocenters. The van der Waals surface area contributed by atoms with Gasteiger partial charge < -0.3 is 9.72 Å². The van der Waals surface area contributed by atoms with Gasteiger partial charge in [0.1, 0.15) is 5.65 Å². The van der Waals surface area contributed by atoms with Crippen LogP contribution >= 0.6 is 11.3 Å². The Balaban J connectivity index is 1.48. The number of esters is 1. The van der Waals surface area contributed by atoms with E-state index in [4.69, 9.17) is 4.74 Å². The second-order valence-electron chi connectivity index (χ2n) is 6.76. The van der Waals surface area contributed by atoms with E-state index >= 15 is 0 Å². The maximum atomic E-state index is 11.7. The molecular formula is C22H17N5O2S. The molecule has 1 aromatic carbocycles. The van der Waals surface area contributed by atoms with Crippen molar-refractivity contribution >= 4 is 28.3 Å². The zero-order valence-corrected chi connectivity index (χ0v) is 16.9. The van der Waals surface area contributed by atoms with Gasteiger partial charge in [0.2, 0.25) is 5.01 Å². The maximum Gasteiger partial charge on any atom is 0.367 e. The molecule has 0 spiro atoms. The minimum atomic E-state index is -0.437. The highest BCUT2D eigenvalue weighted by Gasteiger charge is 2.15. The van der Waals surface area contributed by atoms with E-state index in [9.17, 15) is 4.79 Å². The molecule has 5 rings (SSSR count). The molecule has 0 bridgehead atoms. The van der Waals surface area contributed by atoms with Gasteiger partial charge in [-0.15, -0.1) is 11.3 Å². The second-order valence-corrected chi connectivity index (χ2v) is 7.79. The average Bonchev–Trinajstić information content (AvgIpc) is 3.52. The van der Waals surface area contributed by atoms with Gasteiger partial charge in [0.05, 0.1) is 24.7 Å². The third-order valence-electron chi connectivity index (χ3n) is 4.81. The van der Waals surface area contributed by atoms with E-state index in [0.717, 1.165) is 32.6 Å². The van der Waals surface area contributed by atoms with Gasteiger partial charge in [0.15, 0.2) is 0 Å². The summed E-state index contributed by atoms with van der Waals surface area (Å²) < 4.78 is 6.67. The van der Waals surface area contributed by atoms with Crippen LogP contribution in [0.5, 0.6) is 0 Å². The van der Waals surface area contributed by atoms with Crippen LogP contribution in [0.4, 0.5) is 0 Å². The Morgan fingerprint density at radius 2 is 2.00 bits per heavy atom. The summed E-state index contributed by atoms with van der Waals surface area (Å²) in [4.78, 5) is 24.5. The molecule has 148 valence electrons. The number of carbonyl (C=O) groups is 1. The lowest BCUT2D eigenvalue weighted by molar-refractivity contribution is 0.0600. The molecule has 8 heteroatoms. The molecule has 1 N–H and O–H groups in total. The Bertz CT molecular complexity index is 1340. The Kier molecular flexibility index (Phi) is 4.61. The van der Waals surface area contributed by atoms with Crippen LogP contribution in [0.2, 0.25) is 0 Å². The number of nitrogens with zero attached hydrogens (tertiary/aromatic N) is 4. The van der Waals surface area contributed by atoms with Crippen molar-refractivity contribution in [2.24, 2.45) is 0 Å². The fraction of sp³-hybridized carbons (Fsp3) is 0.0909. The first-order chi connectivity index (χ1) is 14.7. The third kappa shape index (κ3) is 3.37. The van der Waals surface area contributed by atoms with Gasteiger partial charge in [0.25, 0.3) is 0 Å². The van der Waals surface area contributed by atoms with Crippen molar-refractivity contribution in [3.63, 3.8) is 0 Å². The summed E-state index contributed by atoms with van der Waals surface area (Å²) in [5, 5.41) is 5.82. The van der Waals surface area contributed by atoms with Crippen molar-refractivity contribution in [1.82, 2.24) is 24.7 Å². The normalized spacial score (nSPS) is 11.1. The number of H-pyrrole nitrogens is 1. The quantitative estimate of drug-likeness (QED) is 0.431. The minimum absolute atomic E-state index is 0.323. The Morgan fingerprint density at radius 1 is 1.13 bits per heavy atom. The minimum Gasteiger partial charge on any atom is -0.464 e. The Hall–Kier alpha value is -3.78. The molecule has 30 heavy (non-hydrogen) atoms. The van der Waals surface area contributed by atoms with E-state index in [1.807, 2.05) is 41.5 Å². The third-order valence-corrected chi connectivity index (χ3v) is 5.84. The fourth-order valence-electron chi connectivity index (χ4n) is 3.33. The number of thiazole rings is 1. The molecule has 0 saturated heterocycles. The van der Waals surface area contributed by atoms with Crippen molar-refractivity contribution in [1.29, 1.82) is 0 Å². The van der Waals surface area contributed by atoms with Crippen LogP contribution in [0.25, 0.3) is 32.6 Å². The van der Waals surface area contributed by atoms with E-state index < -0.39 is 5.97 Å². The number of rotatable bonds is 5. The monoisotopic (exact) mass is 415 g/mol. The van der Waals surface area contributed by atoms with Crippen molar-refractivity contribution in [2.75, 3.05) is 7.11 Å². The summed E-state index contributed by atoms with van der Waals surface area (Å²) in [7, 11) is 1.35. The maximum absolute atomic E-state index is 11.7. The summed E-state index contributed by atoms with van der Waals surface area (Å²) in [5.41, 5.74) is 4.92. The van der Waals surface area contributed by atoms with Crippen molar-refractivity contribution < 1.29 is 9.53 Å². The zero-order valence-electron chi connectivity index (χ0n) is 16.1. The molecule has 4 heterocycles. The molecule has 0 saturated carbocycles. The summed E-state index contributed by atoms with van der Waals surface area (Å²) in [5.74, 6) is -0.437. The number of aromatic amines is 1. The summed E-state index contributed by atoms with van der Waals surface area (Å²) >= 11 is 1.28. The van der Waals surface area contributed by atoms with Crippen LogP contribution in [0.15, 0.2) is 67.4 Å². The molecule has 0 unspecified atom stereocenters. The highest BCUT2D eigenvalue weighted by atomic mass is 32.1. The largest absolute Gasteiger partial charge is 0.464 e. The Morgan fingerprint density at radius 3 is 2.83 bits per heavy atom. The summed E-state index contributed by atoms with van der Waals surface area (Å²) in [6.45, 7) is 0.712. The van der Waals surface area contributed by atoms with E-state index in [1.165, 1.54) is 24.0 Å². The lowest BCUT2D eigenvalue weighted by Gasteiger charge is -2.01. The molecular weight excluding hydrogens is 398 g/mol. The van der Waals surface area contributed by atoms with Crippen LogP contribution in [-0.2, 0) is 11.3 Å². The van der Waals surface area contributed by atoms with Gasteiger partial charge in [0, 0.05) is 46.9 Å². The smallest absolute Gasteiger partial charge is 0.367 e. The molecule has 0 aliphatic rings. The van der Waals surface area contributed by atoms with Crippen LogP contribution < -0.4 is 0 Å². The molecule has 0 aliphatic heterocycles. The van der Waals surface area contributed by atoms with Crippen molar-refractivity contribution in [3.05, 3.63) is 78.0 Å². The van der Waals surface area contributed by atoms with Crippen LogP contribution in [0, 0.1) is 0 Å². The van der Waals surface area contributed by atoms with Crippen LogP contribution in [0.3, 0.4) is 0 Å². The molecule has 0 aliphatic carbocycles. The lowest BCUT2D eigenvalue weighted by atomic mass is 10.1. The van der Waals surface area contributed by atoms with Gasteiger partial charge in [-0.25, -0.2) is 14.8 Å². The average molecular weight is 415 g/mol. The highest BCUT2D eigenvalue weighted by molar-refractivity contribution is 7.16. The number of carbonyl (C=O) groups excluding carboxylic acids is 1. The van der Waals surface area contributed by atoms with Crippen molar-refractivity contribution in [3.8, 4) is 21.6 Å². The summed E-state index contributed by atoms with van der Waals surface area (Å²) in [6.07, 6.45) is 9.28. The molecule has 0 radical (unpaired) electrons. The van der Waals surface area contributed by atoms with Gasteiger partial charge in [-0.1, -0.05) is 30.3 Å². The van der Waals surface area contributed by atoms with Gasteiger partial charge in [-0.3, -0.25) is 4.68 Å². The number of hydrogen-bond donors (Lipinski definition) is 1. The second kappa shape index (κ2) is 7.57. The number of aromatic nitrogens is 5. The lowest BCUT2D eigenvalue weighted by Crippen LogP contribution is -1.99. The van der Waals surface area contributed by atoms with Crippen LogP contribution in [0.1, 0.15) is 15.4 Å². The van der Waals surface area contributed by atoms with Gasteiger partial charge >= 0.3 is 5.97 Å². The number of benzene rings is 1. The Labute approximate surface area is 176 Å². The highest BCUT2D eigenvalue weighted by Crippen LogP contribution is 2.33. The SMILES string of the molecule is COC(=O)c1ncc(-c2cnc3[nH]cc(-c4cnn(Cc5ccccc5)c4)c3c2)s1. The number of nitrogens with one attached hydrogen (secondary N) is 1. The first-order valence-corrected chi connectivity index (χ1v) is 10.1. The molecule has 7 nitrogen and oxygen atoms in total. The standard InChI is InChI=1S/C22H17N5O2S/c1-29-22(28)21-25-11-19(30-21)15-7-17-18(10-24-20(17)23-8-15)16-9-26-27(13-16)12-14-5-3-2-4-6-14/h2-11,13H,12H2,1H3,(H,23,24). The molecule has 0 amide bonds. The van der Waals surface area contributed by atoms with E-state index in [2.05, 4.69) is 38.2 Å². The fourth-order valence-corrected chi connectivity index (χ4v) is 4.14. The number of hydrogen-bond acceptors (Lipinski definition) is 6. The number of pyridine rings is 1. The molecule has 4 aromatic heterocycles. The van der Waals surface area contributed by atoms with Gasteiger partial charge in [-0.05, 0) is 11.6 Å². The molecule has 5 aromatic rings. The van der Waals surface area contributed by atoms with E-state index in [-0.39, 0.29) is 0 Å².